The van der Waals surface area contributed by atoms with Crippen LogP contribution in [0.25, 0.3) is 11.0 Å². The van der Waals surface area contributed by atoms with Gasteiger partial charge in [0.15, 0.2) is 0 Å². The van der Waals surface area contributed by atoms with Crippen molar-refractivity contribution in [3.63, 3.8) is 0 Å². The number of anilines is 1. The molecular weight excluding hydrogens is 347 g/mol. The predicted octanol–water partition coefficient (Wildman–Crippen LogP) is 3.96. The van der Waals surface area contributed by atoms with Crippen molar-refractivity contribution in [2.24, 2.45) is 5.73 Å². The Balaban J connectivity index is 0.00000144. The Morgan fingerprint density at radius 2 is 2.04 bits per heavy atom. The monoisotopic (exact) mass is 372 g/mol. The molecule has 1 aliphatic carbocycles. The van der Waals surface area contributed by atoms with E-state index in [4.69, 9.17) is 5.73 Å². The lowest BCUT2D eigenvalue weighted by Crippen LogP contribution is -2.48. The average molecular weight is 373 g/mol. The topological polar surface area (TPSA) is 83.8 Å². The van der Waals surface area contributed by atoms with Crippen LogP contribution in [0.3, 0.4) is 0 Å². The summed E-state index contributed by atoms with van der Waals surface area (Å²) in [7, 11) is 0. The zero-order chi connectivity index (χ0) is 15.6. The number of carbonyl (C=O) groups is 1. The van der Waals surface area contributed by atoms with Crippen LogP contribution in [-0.2, 0) is 11.2 Å². The first-order valence-electron chi connectivity index (χ1n) is 8.20. The van der Waals surface area contributed by atoms with Gasteiger partial charge in [-0.3, -0.25) is 4.79 Å². The number of halogens is 2. The molecule has 0 radical (unpaired) electrons. The second kappa shape index (κ2) is 8.70. The molecule has 0 unspecified atom stereocenters. The van der Waals surface area contributed by atoms with Gasteiger partial charge in [-0.15, -0.1) is 24.8 Å². The number of hydrogen-bond acceptors (Lipinski definition) is 3. The summed E-state index contributed by atoms with van der Waals surface area (Å²) < 4.78 is 0. The van der Waals surface area contributed by atoms with Crippen molar-refractivity contribution in [2.75, 3.05) is 5.32 Å². The summed E-state index contributed by atoms with van der Waals surface area (Å²) in [5.74, 6) is 0.932. The number of aryl methyl sites for hydroxylation is 1. The Morgan fingerprint density at radius 3 is 2.71 bits per heavy atom. The first-order chi connectivity index (χ1) is 10.6. The number of fused-ring (bicyclic) bond motifs is 1. The number of rotatable bonds is 5. The highest BCUT2D eigenvalue weighted by Gasteiger charge is 2.36. The van der Waals surface area contributed by atoms with Gasteiger partial charge in [-0.1, -0.05) is 26.2 Å². The van der Waals surface area contributed by atoms with Crippen molar-refractivity contribution in [3.05, 3.63) is 24.0 Å². The SMILES string of the molecule is CCCCc1nc2ccc(NC(=O)C3(N)CCCC3)cc2[nH]1.Cl.Cl. The standard InChI is InChI=1S/C17H24N4O.2ClH/c1-2-3-6-15-20-13-8-7-12(11-14(13)21-15)19-16(22)17(18)9-4-5-10-17;;/h7-8,11H,2-6,9-10,18H2,1H3,(H,19,22)(H,20,21);2*1H. The minimum absolute atomic E-state index is 0. The number of H-pyrrole nitrogens is 1. The highest BCUT2D eigenvalue weighted by Crippen LogP contribution is 2.28. The van der Waals surface area contributed by atoms with Crippen molar-refractivity contribution < 1.29 is 4.79 Å². The smallest absolute Gasteiger partial charge is 0.244 e. The highest BCUT2D eigenvalue weighted by molar-refractivity contribution is 5.99. The number of hydrogen-bond donors (Lipinski definition) is 3. The zero-order valence-corrected chi connectivity index (χ0v) is 15.6. The van der Waals surface area contributed by atoms with E-state index in [9.17, 15) is 4.79 Å². The molecule has 1 fully saturated rings. The van der Waals surface area contributed by atoms with Crippen LogP contribution in [0.15, 0.2) is 18.2 Å². The van der Waals surface area contributed by atoms with Crippen LogP contribution in [0.2, 0.25) is 0 Å². The Morgan fingerprint density at radius 1 is 1.33 bits per heavy atom. The number of aromatic nitrogens is 2. The maximum absolute atomic E-state index is 12.4. The van der Waals surface area contributed by atoms with E-state index in [1.165, 1.54) is 0 Å². The minimum atomic E-state index is -0.699. The maximum atomic E-state index is 12.4. The molecule has 1 aromatic carbocycles. The number of nitrogens with two attached hydrogens (primary N) is 1. The number of amides is 1. The lowest BCUT2D eigenvalue weighted by molar-refractivity contribution is -0.121. The quantitative estimate of drug-likeness (QED) is 0.742. The lowest BCUT2D eigenvalue weighted by Gasteiger charge is -2.22. The normalized spacial score (nSPS) is 15.6. The number of nitrogens with zero attached hydrogens (tertiary/aromatic N) is 1. The van der Waals surface area contributed by atoms with Crippen LogP contribution in [-0.4, -0.2) is 21.4 Å². The van der Waals surface area contributed by atoms with Gasteiger partial charge in [0, 0.05) is 12.1 Å². The number of carbonyl (C=O) groups excluding carboxylic acids is 1. The van der Waals surface area contributed by atoms with E-state index < -0.39 is 5.54 Å². The number of unbranched alkanes of at least 4 members (excludes halogenated alkanes) is 1. The summed E-state index contributed by atoms with van der Waals surface area (Å²) in [5, 5.41) is 2.96. The number of benzene rings is 1. The van der Waals surface area contributed by atoms with Crippen LogP contribution in [0.5, 0.6) is 0 Å². The molecule has 24 heavy (non-hydrogen) atoms. The summed E-state index contributed by atoms with van der Waals surface area (Å²) in [6.07, 6.45) is 6.84. The van der Waals surface area contributed by atoms with Gasteiger partial charge in [0.2, 0.25) is 5.91 Å². The van der Waals surface area contributed by atoms with Gasteiger partial charge < -0.3 is 16.0 Å². The molecule has 0 atom stereocenters. The van der Waals surface area contributed by atoms with Gasteiger partial charge in [0.25, 0.3) is 0 Å². The lowest BCUT2D eigenvalue weighted by atomic mass is 9.98. The maximum Gasteiger partial charge on any atom is 0.244 e. The van der Waals surface area contributed by atoms with Crippen LogP contribution in [0, 0.1) is 0 Å². The van der Waals surface area contributed by atoms with Crippen LogP contribution >= 0.6 is 24.8 Å². The Kier molecular flexibility index (Phi) is 7.52. The third-order valence-corrected chi connectivity index (χ3v) is 4.50. The Bertz CT molecular complexity index is 680. The number of imidazole rings is 1. The van der Waals surface area contributed by atoms with E-state index in [-0.39, 0.29) is 30.7 Å². The van der Waals surface area contributed by atoms with Crippen molar-refractivity contribution in [3.8, 4) is 0 Å². The van der Waals surface area contributed by atoms with E-state index in [1.807, 2.05) is 18.2 Å². The van der Waals surface area contributed by atoms with E-state index >= 15 is 0 Å². The summed E-state index contributed by atoms with van der Waals surface area (Å²) in [5.41, 5.74) is 8.17. The van der Waals surface area contributed by atoms with E-state index in [2.05, 4.69) is 22.2 Å². The van der Waals surface area contributed by atoms with Crippen LogP contribution in [0.1, 0.15) is 51.3 Å². The van der Waals surface area contributed by atoms with E-state index in [0.717, 1.165) is 67.5 Å². The summed E-state index contributed by atoms with van der Waals surface area (Å²) in [6, 6.07) is 5.77. The largest absolute Gasteiger partial charge is 0.342 e. The molecule has 5 nitrogen and oxygen atoms in total. The first-order valence-corrected chi connectivity index (χ1v) is 8.20. The molecule has 3 rings (SSSR count). The number of nitrogens with one attached hydrogen (secondary N) is 2. The van der Waals surface area contributed by atoms with Gasteiger partial charge >= 0.3 is 0 Å². The molecule has 1 amide bonds. The molecule has 0 spiro atoms. The molecule has 0 saturated heterocycles. The fourth-order valence-electron chi connectivity index (χ4n) is 3.09. The molecule has 0 bridgehead atoms. The average Bonchev–Trinajstić information content (AvgIpc) is 3.11. The highest BCUT2D eigenvalue weighted by atomic mass is 35.5. The van der Waals surface area contributed by atoms with E-state index in [0.29, 0.717) is 0 Å². The van der Waals surface area contributed by atoms with Gasteiger partial charge in [-0.2, -0.15) is 0 Å². The second-order valence-electron chi connectivity index (χ2n) is 6.34. The zero-order valence-electron chi connectivity index (χ0n) is 13.9. The molecule has 1 heterocycles. The van der Waals surface area contributed by atoms with Gasteiger partial charge in [0.1, 0.15) is 5.82 Å². The molecular formula is C17H26Cl2N4O. The first kappa shape index (κ1) is 20.7. The minimum Gasteiger partial charge on any atom is -0.342 e. The fraction of sp³-hybridized carbons (Fsp3) is 0.529. The molecule has 7 heteroatoms. The third-order valence-electron chi connectivity index (χ3n) is 4.50. The molecule has 1 aromatic heterocycles. The molecule has 1 saturated carbocycles. The van der Waals surface area contributed by atoms with Crippen molar-refractivity contribution in [1.82, 2.24) is 9.97 Å². The second-order valence-corrected chi connectivity index (χ2v) is 6.34. The number of aromatic amines is 1. The van der Waals surface area contributed by atoms with Crippen molar-refractivity contribution in [2.45, 2.75) is 57.4 Å². The molecule has 1 aliphatic rings. The summed E-state index contributed by atoms with van der Waals surface area (Å²) >= 11 is 0. The molecule has 0 aliphatic heterocycles. The summed E-state index contributed by atoms with van der Waals surface area (Å²) in [4.78, 5) is 20.3. The fourth-order valence-corrected chi connectivity index (χ4v) is 3.09. The third kappa shape index (κ3) is 4.41. The molecule has 4 N–H and O–H groups in total. The molecule has 134 valence electrons. The summed E-state index contributed by atoms with van der Waals surface area (Å²) in [6.45, 7) is 2.17. The Labute approximate surface area is 155 Å². The predicted molar refractivity (Wildman–Crippen MR) is 103 cm³/mol. The van der Waals surface area contributed by atoms with Crippen LogP contribution < -0.4 is 11.1 Å². The van der Waals surface area contributed by atoms with Crippen LogP contribution in [0.4, 0.5) is 5.69 Å². The van der Waals surface area contributed by atoms with Crippen molar-refractivity contribution in [1.29, 1.82) is 0 Å². The van der Waals surface area contributed by atoms with E-state index in [1.54, 1.807) is 0 Å². The van der Waals surface area contributed by atoms with Gasteiger partial charge in [0.05, 0.1) is 16.6 Å². The van der Waals surface area contributed by atoms with Crippen molar-refractivity contribution >= 4 is 47.4 Å². The molecule has 2 aromatic rings. The van der Waals surface area contributed by atoms with Gasteiger partial charge in [-0.25, -0.2) is 4.98 Å². The van der Waals surface area contributed by atoms with Gasteiger partial charge in [-0.05, 0) is 37.5 Å². The Hall–Kier alpha value is -1.30.